The molecule has 0 radical (unpaired) electrons. The van der Waals surface area contributed by atoms with Gasteiger partial charge in [0.2, 0.25) is 5.91 Å². The second-order valence-electron chi connectivity index (χ2n) is 3.97. The number of hydrogen-bond acceptors (Lipinski definition) is 2. The smallest absolute Gasteiger partial charge is 0.372 e. The van der Waals surface area contributed by atoms with Crippen molar-refractivity contribution in [3.63, 3.8) is 0 Å². The fraction of sp³-hybridized carbons (Fsp3) is 0.364. The predicted octanol–water partition coefficient (Wildman–Crippen LogP) is 2.66. The van der Waals surface area contributed by atoms with Crippen LogP contribution in [-0.4, -0.2) is 18.5 Å². The van der Waals surface area contributed by atoms with Crippen molar-refractivity contribution in [1.82, 2.24) is 5.32 Å². The van der Waals surface area contributed by atoms with Crippen molar-refractivity contribution in [2.45, 2.75) is 18.6 Å². The van der Waals surface area contributed by atoms with E-state index >= 15 is 0 Å². The molecule has 0 aromatic heterocycles. The van der Waals surface area contributed by atoms with E-state index < -0.39 is 17.8 Å². The average Bonchev–Trinajstić information content (AvgIpc) is 2.66. The van der Waals surface area contributed by atoms with Crippen molar-refractivity contribution >= 4 is 23.2 Å². The van der Waals surface area contributed by atoms with Gasteiger partial charge in [-0.2, -0.15) is 13.2 Å². The molecule has 1 atom stereocenters. The lowest BCUT2D eigenvalue weighted by Crippen LogP contribution is -2.29. The summed E-state index contributed by atoms with van der Waals surface area (Å²) >= 11 is 5.81. The van der Waals surface area contributed by atoms with Crippen LogP contribution in [0, 0.1) is 0 Å². The van der Waals surface area contributed by atoms with E-state index in [2.05, 4.69) is 10.6 Å². The highest BCUT2D eigenvalue weighted by atomic mass is 35.5. The molecule has 1 fully saturated rings. The molecule has 1 amide bonds. The van der Waals surface area contributed by atoms with Crippen LogP contribution in [0.4, 0.5) is 18.9 Å². The molecule has 2 rings (SSSR count). The number of carbonyl (C=O) groups is 1. The van der Waals surface area contributed by atoms with Crippen LogP contribution >= 0.6 is 11.6 Å². The maximum Gasteiger partial charge on any atom is 0.416 e. The van der Waals surface area contributed by atoms with Gasteiger partial charge in [0.05, 0.1) is 16.3 Å². The lowest BCUT2D eigenvalue weighted by Gasteiger charge is -2.15. The maximum absolute atomic E-state index is 12.5. The number of hydrogen-bond donors (Lipinski definition) is 2. The Bertz CT molecular complexity index is 476. The molecular weight excluding hydrogens is 269 g/mol. The third-order valence-corrected chi connectivity index (χ3v) is 3.00. The topological polar surface area (TPSA) is 41.1 Å². The first kappa shape index (κ1) is 13.0. The summed E-state index contributed by atoms with van der Waals surface area (Å²) < 4.78 is 37.6. The summed E-state index contributed by atoms with van der Waals surface area (Å²) in [4.78, 5) is 11.3. The minimum atomic E-state index is -4.43. The van der Waals surface area contributed by atoms with Crippen LogP contribution in [0.25, 0.3) is 0 Å². The highest BCUT2D eigenvalue weighted by Crippen LogP contribution is 2.34. The van der Waals surface area contributed by atoms with Crippen molar-refractivity contribution in [3.8, 4) is 0 Å². The molecule has 0 saturated carbocycles. The highest BCUT2D eigenvalue weighted by Gasteiger charge is 2.31. The lowest BCUT2D eigenvalue weighted by atomic mass is 10.1. The first-order valence-electron chi connectivity index (χ1n) is 5.29. The number of halogens is 4. The van der Waals surface area contributed by atoms with Crippen molar-refractivity contribution in [1.29, 1.82) is 0 Å². The Morgan fingerprint density at radius 2 is 2.11 bits per heavy atom. The molecule has 98 valence electrons. The van der Waals surface area contributed by atoms with Crippen LogP contribution in [0.2, 0.25) is 5.02 Å². The van der Waals surface area contributed by atoms with Gasteiger partial charge in [0.1, 0.15) is 6.04 Å². The molecule has 0 bridgehead atoms. The molecule has 3 nitrogen and oxygen atoms in total. The largest absolute Gasteiger partial charge is 0.416 e. The molecule has 1 aromatic carbocycles. The van der Waals surface area contributed by atoms with E-state index in [1.807, 2.05) is 0 Å². The molecule has 1 unspecified atom stereocenters. The number of rotatable bonds is 2. The van der Waals surface area contributed by atoms with Gasteiger partial charge in [0, 0.05) is 6.54 Å². The number of alkyl halides is 3. The van der Waals surface area contributed by atoms with Gasteiger partial charge in [-0.15, -0.1) is 0 Å². The number of nitrogens with one attached hydrogen (secondary N) is 2. The highest BCUT2D eigenvalue weighted by molar-refractivity contribution is 6.33. The van der Waals surface area contributed by atoms with Gasteiger partial charge in [0.25, 0.3) is 0 Å². The zero-order valence-corrected chi connectivity index (χ0v) is 9.90. The Kier molecular flexibility index (Phi) is 3.38. The zero-order valence-electron chi connectivity index (χ0n) is 9.14. The normalized spacial score (nSPS) is 19.8. The van der Waals surface area contributed by atoms with Gasteiger partial charge in [-0.3, -0.25) is 4.79 Å². The molecule has 1 aliphatic heterocycles. The maximum atomic E-state index is 12.5. The molecule has 7 heteroatoms. The van der Waals surface area contributed by atoms with Crippen molar-refractivity contribution in [2.75, 3.05) is 11.9 Å². The minimum absolute atomic E-state index is 0.119. The standard InChI is InChI=1S/C11H10ClF3N2O/c12-7-2-1-6(11(13,14)15)5-9(7)17-8-3-4-16-10(8)18/h1-2,5,8,17H,3-4H2,(H,16,18). The number of anilines is 1. The van der Waals surface area contributed by atoms with Crippen LogP contribution in [-0.2, 0) is 11.0 Å². The quantitative estimate of drug-likeness (QED) is 0.873. The summed E-state index contributed by atoms with van der Waals surface area (Å²) in [7, 11) is 0. The summed E-state index contributed by atoms with van der Waals surface area (Å²) in [5, 5.41) is 5.47. The molecule has 0 spiro atoms. The van der Waals surface area contributed by atoms with E-state index in [0.717, 1.165) is 12.1 Å². The molecule has 1 aliphatic rings. The van der Waals surface area contributed by atoms with Crippen molar-refractivity contribution in [2.24, 2.45) is 0 Å². The van der Waals surface area contributed by atoms with Crippen LogP contribution in [0.15, 0.2) is 18.2 Å². The van der Waals surface area contributed by atoms with E-state index in [1.54, 1.807) is 0 Å². The summed E-state index contributed by atoms with van der Waals surface area (Å²) in [6.07, 6.45) is -3.91. The van der Waals surface area contributed by atoms with Gasteiger partial charge in [0.15, 0.2) is 0 Å². The van der Waals surface area contributed by atoms with E-state index in [1.165, 1.54) is 6.07 Å². The SMILES string of the molecule is O=C1NCCC1Nc1cc(C(F)(F)F)ccc1Cl. The summed E-state index contributed by atoms with van der Waals surface area (Å²) in [5.74, 6) is -0.233. The molecule has 0 aliphatic carbocycles. The third-order valence-electron chi connectivity index (χ3n) is 2.67. The van der Waals surface area contributed by atoms with E-state index in [-0.39, 0.29) is 16.6 Å². The molecular formula is C11H10ClF3N2O. The van der Waals surface area contributed by atoms with Crippen LogP contribution in [0.5, 0.6) is 0 Å². The van der Waals surface area contributed by atoms with Gasteiger partial charge in [-0.05, 0) is 24.6 Å². The molecule has 2 N–H and O–H groups in total. The van der Waals surface area contributed by atoms with Gasteiger partial charge < -0.3 is 10.6 Å². The van der Waals surface area contributed by atoms with Crippen molar-refractivity contribution in [3.05, 3.63) is 28.8 Å². The van der Waals surface area contributed by atoms with E-state index in [4.69, 9.17) is 11.6 Å². The first-order valence-corrected chi connectivity index (χ1v) is 5.67. The minimum Gasteiger partial charge on any atom is -0.372 e. The average molecular weight is 279 g/mol. The van der Waals surface area contributed by atoms with Crippen molar-refractivity contribution < 1.29 is 18.0 Å². The van der Waals surface area contributed by atoms with Gasteiger partial charge in [-0.25, -0.2) is 0 Å². The number of benzene rings is 1. The Labute approximate surface area is 106 Å². The van der Waals surface area contributed by atoms with Crippen LogP contribution < -0.4 is 10.6 Å². The second-order valence-corrected chi connectivity index (χ2v) is 4.38. The fourth-order valence-electron chi connectivity index (χ4n) is 1.73. The lowest BCUT2D eigenvalue weighted by molar-refractivity contribution is -0.137. The van der Waals surface area contributed by atoms with Crippen LogP contribution in [0.1, 0.15) is 12.0 Å². The third kappa shape index (κ3) is 2.69. The summed E-state index contributed by atoms with van der Waals surface area (Å²) in [6, 6.07) is 2.45. The van der Waals surface area contributed by atoms with Gasteiger partial charge in [-0.1, -0.05) is 11.6 Å². The van der Waals surface area contributed by atoms with Crippen LogP contribution in [0.3, 0.4) is 0 Å². The molecule has 1 heterocycles. The second kappa shape index (κ2) is 4.68. The predicted molar refractivity (Wildman–Crippen MR) is 61.5 cm³/mol. The Morgan fingerprint density at radius 3 is 2.67 bits per heavy atom. The Hall–Kier alpha value is -1.43. The Morgan fingerprint density at radius 1 is 1.39 bits per heavy atom. The molecule has 18 heavy (non-hydrogen) atoms. The first-order chi connectivity index (χ1) is 8.38. The van der Waals surface area contributed by atoms with E-state index in [0.29, 0.717) is 13.0 Å². The molecule has 1 saturated heterocycles. The summed E-state index contributed by atoms with van der Waals surface area (Å²) in [6.45, 7) is 0.507. The summed E-state index contributed by atoms with van der Waals surface area (Å²) in [5.41, 5.74) is -0.679. The molecule has 1 aromatic rings. The Balaban J connectivity index is 2.24. The van der Waals surface area contributed by atoms with Gasteiger partial charge >= 0.3 is 6.18 Å². The number of carbonyl (C=O) groups excluding carboxylic acids is 1. The number of amides is 1. The monoisotopic (exact) mass is 278 g/mol. The fourth-order valence-corrected chi connectivity index (χ4v) is 1.90. The zero-order chi connectivity index (χ0) is 13.3. The van der Waals surface area contributed by atoms with E-state index in [9.17, 15) is 18.0 Å².